The van der Waals surface area contributed by atoms with E-state index < -0.39 is 18.3 Å². The highest BCUT2D eigenvalue weighted by Gasteiger charge is 2.51. The molecule has 3 N–H and O–H groups in total. The van der Waals surface area contributed by atoms with Crippen LogP contribution in [0.1, 0.15) is 27.7 Å². The van der Waals surface area contributed by atoms with E-state index in [1.807, 2.05) is 33.8 Å². The molecular formula is C12H18BFN2O2S. The summed E-state index contributed by atoms with van der Waals surface area (Å²) < 4.78 is 26.5. The van der Waals surface area contributed by atoms with Crippen LogP contribution in [0.5, 0.6) is 0 Å². The molecule has 1 aliphatic rings. The van der Waals surface area contributed by atoms with E-state index in [0.717, 1.165) is 5.46 Å². The zero-order chi connectivity index (χ0) is 14.3. The third kappa shape index (κ3) is 2.68. The molecule has 0 atom stereocenters. The van der Waals surface area contributed by atoms with E-state index in [0.29, 0.717) is 11.4 Å². The Balaban J connectivity index is 2.23. The van der Waals surface area contributed by atoms with Crippen LogP contribution in [0.25, 0.3) is 0 Å². The molecule has 19 heavy (non-hydrogen) atoms. The molecule has 0 aromatic heterocycles. The third-order valence-electron chi connectivity index (χ3n) is 3.75. The minimum absolute atomic E-state index is 0.0140. The van der Waals surface area contributed by atoms with Crippen molar-refractivity contribution in [2.45, 2.75) is 38.9 Å². The van der Waals surface area contributed by atoms with Crippen molar-refractivity contribution in [2.24, 2.45) is 0 Å². The first kappa shape index (κ1) is 14.5. The van der Waals surface area contributed by atoms with E-state index in [1.165, 1.54) is 0 Å². The van der Waals surface area contributed by atoms with Crippen LogP contribution in [0.2, 0.25) is 0 Å². The second-order valence-corrected chi connectivity index (χ2v) is 5.97. The number of hydrogen-bond donors (Lipinski definition) is 2. The number of halogens is 1. The summed E-state index contributed by atoms with van der Waals surface area (Å²) in [6, 6.07) is 5.26. The van der Waals surface area contributed by atoms with Gasteiger partial charge in [0.25, 0.3) is 0 Å². The van der Waals surface area contributed by atoms with Crippen molar-refractivity contribution in [2.75, 3.05) is 10.5 Å². The highest BCUT2D eigenvalue weighted by atomic mass is 32.2. The molecule has 0 spiro atoms. The van der Waals surface area contributed by atoms with Gasteiger partial charge >= 0.3 is 7.12 Å². The summed E-state index contributed by atoms with van der Waals surface area (Å²) in [5.41, 5.74) is 6.89. The average Bonchev–Trinajstić information content (AvgIpc) is 2.51. The number of nitrogen functional groups attached to an aromatic ring is 1. The Morgan fingerprint density at radius 3 is 2.26 bits per heavy atom. The summed E-state index contributed by atoms with van der Waals surface area (Å²) in [5, 5.41) is 0. The second-order valence-electron chi connectivity index (χ2n) is 5.61. The second kappa shape index (κ2) is 4.88. The Labute approximate surface area is 117 Å². The molecule has 0 aliphatic carbocycles. The SMILES string of the molecule is CC1(C)OB(c2ccc(NSF)c(N)c2)OC1(C)C. The maximum Gasteiger partial charge on any atom is 0.494 e. The van der Waals surface area contributed by atoms with Crippen LogP contribution in [0, 0.1) is 0 Å². The van der Waals surface area contributed by atoms with Gasteiger partial charge in [-0.15, -0.1) is 3.89 Å². The number of nitrogens with one attached hydrogen (secondary N) is 1. The van der Waals surface area contributed by atoms with Gasteiger partial charge < -0.3 is 19.8 Å². The quantitative estimate of drug-likeness (QED) is 0.507. The summed E-state index contributed by atoms with van der Waals surface area (Å²) in [6.45, 7) is 7.97. The average molecular weight is 284 g/mol. The van der Waals surface area contributed by atoms with Gasteiger partial charge in [-0.1, -0.05) is 6.07 Å². The molecule has 7 heteroatoms. The molecule has 1 aliphatic heterocycles. The summed E-state index contributed by atoms with van der Waals surface area (Å²) in [5.74, 6) is 0. The van der Waals surface area contributed by atoms with Gasteiger partial charge in [0.15, 0.2) is 12.3 Å². The largest absolute Gasteiger partial charge is 0.494 e. The van der Waals surface area contributed by atoms with Crippen molar-refractivity contribution in [3.8, 4) is 0 Å². The number of anilines is 2. The van der Waals surface area contributed by atoms with Gasteiger partial charge in [-0.3, -0.25) is 0 Å². The minimum atomic E-state index is -0.459. The van der Waals surface area contributed by atoms with Crippen molar-refractivity contribution < 1.29 is 13.2 Å². The van der Waals surface area contributed by atoms with Crippen LogP contribution in [-0.2, 0) is 9.31 Å². The lowest BCUT2D eigenvalue weighted by Crippen LogP contribution is -2.41. The zero-order valence-electron chi connectivity index (χ0n) is 11.5. The summed E-state index contributed by atoms with van der Waals surface area (Å²) in [6.07, 6.45) is 0. The summed E-state index contributed by atoms with van der Waals surface area (Å²) >= 11 is 0.0140. The van der Waals surface area contributed by atoms with Crippen LogP contribution < -0.4 is 15.9 Å². The van der Waals surface area contributed by atoms with E-state index >= 15 is 0 Å². The minimum Gasteiger partial charge on any atom is -0.399 e. The van der Waals surface area contributed by atoms with E-state index in [9.17, 15) is 3.89 Å². The molecule has 0 unspecified atom stereocenters. The van der Waals surface area contributed by atoms with Crippen LogP contribution in [0.15, 0.2) is 18.2 Å². The Kier molecular flexibility index (Phi) is 3.73. The molecule has 1 aromatic rings. The number of hydrogen-bond acceptors (Lipinski definition) is 5. The van der Waals surface area contributed by atoms with Gasteiger partial charge in [0.2, 0.25) is 0 Å². The van der Waals surface area contributed by atoms with Gasteiger partial charge in [0.05, 0.1) is 22.6 Å². The fourth-order valence-electron chi connectivity index (χ4n) is 1.84. The van der Waals surface area contributed by atoms with Gasteiger partial charge in [-0.25, -0.2) is 0 Å². The molecular weight excluding hydrogens is 266 g/mol. The molecule has 0 bridgehead atoms. The monoisotopic (exact) mass is 284 g/mol. The van der Waals surface area contributed by atoms with Crippen molar-refractivity contribution in [1.29, 1.82) is 0 Å². The van der Waals surface area contributed by atoms with E-state index in [-0.39, 0.29) is 12.3 Å². The topological polar surface area (TPSA) is 56.5 Å². The molecule has 4 nitrogen and oxygen atoms in total. The predicted octanol–water partition coefficient (Wildman–Crippen LogP) is 2.51. The number of rotatable bonds is 3. The van der Waals surface area contributed by atoms with Crippen molar-refractivity contribution in [1.82, 2.24) is 0 Å². The van der Waals surface area contributed by atoms with Crippen LogP contribution in [0.3, 0.4) is 0 Å². The molecule has 1 fully saturated rings. The first-order valence-electron chi connectivity index (χ1n) is 6.05. The number of benzene rings is 1. The fourth-order valence-corrected chi connectivity index (χ4v) is 2.11. The lowest BCUT2D eigenvalue weighted by molar-refractivity contribution is 0.00578. The highest BCUT2D eigenvalue weighted by molar-refractivity contribution is 7.95. The van der Waals surface area contributed by atoms with E-state index in [2.05, 4.69) is 4.72 Å². The molecule has 104 valence electrons. The Hall–Kier alpha value is -0.915. The third-order valence-corrected chi connectivity index (χ3v) is 4.05. The molecule has 0 radical (unpaired) electrons. The number of nitrogens with two attached hydrogens (primary N) is 1. The first-order valence-corrected chi connectivity index (χ1v) is 6.77. The Bertz CT molecular complexity index is 469. The Morgan fingerprint density at radius 1 is 1.21 bits per heavy atom. The summed E-state index contributed by atoms with van der Waals surface area (Å²) in [4.78, 5) is 0. The smallest absolute Gasteiger partial charge is 0.399 e. The fraction of sp³-hybridized carbons (Fsp3) is 0.500. The molecule has 1 saturated heterocycles. The normalized spacial score (nSPS) is 20.6. The van der Waals surface area contributed by atoms with Crippen molar-refractivity contribution in [3.63, 3.8) is 0 Å². The van der Waals surface area contributed by atoms with Crippen LogP contribution >= 0.6 is 12.3 Å². The molecule has 2 rings (SSSR count). The van der Waals surface area contributed by atoms with Gasteiger partial charge in [0.1, 0.15) is 0 Å². The van der Waals surface area contributed by atoms with Gasteiger partial charge in [0, 0.05) is 0 Å². The van der Waals surface area contributed by atoms with Gasteiger partial charge in [-0.2, -0.15) is 0 Å². The first-order chi connectivity index (χ1) is 8.77. The highest BCUT2D eigenvalue weighted by Crippen LogP contribution is 2.36. The molecule has 0 amide bonds. The van der Waals surface area contributed by atoms with Crippen LogP contribution in [-0.4, -0.2) is 18.3 Å². The molecule has 1 heterocycles. The molecule has 1 aromatic carbocycles. The Morgan fingerprint density at radius 2 is 1.79 bits per heavy atom. The summed E-state index contributed by atoms with van der Waals surface area (Å²) in [7, 11) is -0.459. The zero-order valence-corrected chi connectivity index (χ0v) is 12.3. The molecule has 0 saturated carbocycles. The van der Waals surface area contributed by atoms with Crippen molar-refractivity contribution in [3.05, 3.63) is 18.2 Å². The standard InChI is InChI=1S/C12H18BFN2O2S/c1-11(2)12(3,4)18-13(17-11)8-5-6-10(16-19-14)9(15)7-8/h5-7,16H,15H2,1-4H3. The van der Waals surface area contributed by atoms with E-state index in [1.54, 1.807) is 12.1 Å². The lowest BCUT2D eigenvalue weighted by atomic mass is 9.79. The lowest BCUT2D eigenvalue weighted by Gasteiger charge is -2.32. The maximum atomic E-state index is 12.2. The van der Waals surface area contributed by atoms with E-state index in [4.69, 9.17) is 15.0 Å². The van der Waals surface area contributed by atoms with Crippen LogP contribution in [0.4, 0.5) is 15.3 Å². The predicted molar refractivity (Wildman–Crippen MR) is 78.9 cm³/mol. The van der Waals surface area contributed by atoms with Gasteiger partial charge in [-0.05, 0) is 45.3 Å². The maximum absolute atomic E-state index is 12.2. The van der Waals surface area contributed by atoms with Crippen molar-refractivity contribution >= 4 is 36.3 Å².